The third-order valence-electron chi connectivity index (χ3n) is 2.83. The molecular weight excluding hydrogens is 286 g/mol. The first-order chi connectivity index (χ1) is 7.84. The van der Waals surface area contributed by atoms with Crippen LogP contribution in [0.2, 0.25) is 0 Å². The zero-order valence-electron chi connectivity index (χ0n) is 8.74. The molecule has 1 saturated heterocycles. The fourth-order valence-corrected chi connectivity index (χ4v) is 3.35. The first kappa shape index (κ1) is 10.5. The lowest BCUT2D eigenvalue weighted by molar-refractivity contribution is 0.587. The van der Waals surface area contributed by atoms with Crippen molar-refractivity contribution in [3.63, 3.8) is 0 Å². The Balaban J connectivity index is 2.03. The standard InChI is InChI=1S/C11H12BrN3S/c12-8-1-2-9-10(7-8)16-14-11(9)15-5-3-13-4-6-15/h1-2,7,13H,3-6H2. The Labute approximate surface area is 107 Å². The van der Waals surface area contributed by atoms with Gasteiger partial charge in [-0.2, -0.15) is 4.37 Å². The van der Waals surface area contributed by atoms with Crippen LogP contribution in [-0.4, -0.2) is 30.6 Å². The summed E-state index contributed by atoms with van der Waals surface area (Å²) in [4.78, 5) is 2.36. The molecule has 0 spiro atoms. The normalized spacial score (nSPS) is 16.9. The van der Waals surface area contributed by atoms with Crippen LogP contribution >= 0.6 is 27.5 Å². The zero-order valence-corrected chi connectivity index (χ0v) is 11.1. The number of benzene rings is 1. The van der Waals surface area contributed by atoms with E-state index < -0.39 is 0 Å². The van der Waals surface area contributed by atoms with Crippen molar-refractivity contribution in [1.29, 1.82) is 0 Å². The molecule has 0 bridgehead atoms. The average molecular weight is 298 g/mol. The van der Waals surface area contributed by atoms with Gasteiger partial charge in [0.1, 0.15) is 5.82 Å². The molecule has 84 valence electrons. The van der Waals surface area contributed by atoms with Crippen molar-refractivity contribution in [2.45, 2.75) is 0 Å². The van der Waals surface area contributed by atoms with Gasteiger partial charge in [0.15, 0.2) is 0 Å². The molecule has 0 radical (unpaired) electrons. The molecule has 16 heavy (non-hydrogen) atoms. The van der Waals surface area contributed by atoms with Crippen LogP contribution in [0.1, 0.15) is 0 Å². The summed E-state index contributed by atoms with van der Waals surface area (Å²) in [5.41, 5.74) is 0. The minimum Gasteiger partial charge on any atom is -0.353 e. The fraction of sp³-hybridized carbons (Fsp3) is 0.364. The van der Waals surface area contributed by atoms with Gasteiger partial charge in [-0.15, -0.1) is 0 Å². The maximum absolute atomic E-state index is 4.58. The summed E-state index contributed by atoms with van der Waals surface area (Å²) in [5.74, 6) is 1.15. The lowest BCUT2D eigenvalue weighted by atomic mass is 10.2. The fourth-order valence-electron chi connectivity index (χ4n) is 2.00. The molecule has 0 aliphatic carbocycles. The number of fused-ring (bicyclic) bond motifs is 1. The second-order valence-corrected chi connectivity index (χ2v) is 5.60. The number of nitrogens with zero attached hydrogens (tertiary/aromatic N) is 2. The summed E-state index contributed by atoms with van der Waals surface area (Å²) in [5, 5.41) is 4.63. The molecule has 0 saturated carbocycles. The molecule has 1 fully saturated rings. The Morgan fingerprint density at radius 1 is 1.31 bits per heavy atom. The molecule has 3 nitrogen and oxygen atoms in total. The molecule has 1 aliphatic heterocycles. The van der Waals surface area contributed by atoms with E-state index in [0.717, 1.165) is 36.5 Å². The van der Waals surface area contributed by atoms with Gasteiger partial charge in [-0.1, -0.05) is 15.9 Å². The van der Waals surface area contributed by atoms with Gasteiger partial charge < -0.3 is 10.2 Å². The van der Waals surface area contributed by atoms with Crippen molar-refractivity contribution in [1.82, 2.24) is 9.69 Å². The van der Waals surface area contributed by atoms with Crippen molar-refractivity contribution < 1.29 is 0 Å². The van der Waals surface area contributed by atoms with Gasteiger partial charge in [-0.25, -0.2) is 0 Å². The van der Waals surface area contributed by atoms with E-state index in [4.69, 9.17) is 0 Å². The van der Waals surface area contributed by atoms with Crippen LogP contribution in [0.25, 0.3) is 10.1 Å². The van der Waals surface area contributed by atoms with E-state index in [1.54, 1.807) is 11.5 Å². The number of hydrogen-bond donors (Lipinski definition) is 1. The van der Waals surface area contributed by atoms with Gasteiger partial charge >= 0.3 is 0 Å². The van der Waals surface area contributed by atoms with E-state index in [9.17, 15) is 0 Å². The monoisotopic (exact) mass is 297 g/mol. The molecule has 2 heterocycles. The van der Waals surface area contributed by atoms with Gasteiger partial charge in [-0.3, -0.25) is 0 Å². The molecule has 3 rings (SSSR count). The number of nitrogens with one attached hydrogen (secondary N) is 1. The quantitative estimate of drug-likeness (QED) is 0.876. The van der Waals surface area contributed by atoms with Crippen LogP contribution in [0.15, 0.2) is 22.7 Å². The molecule has 2 aromatic rings. The highest BCUT2D eigenvalue weighted by Gasteiger charge is 2.16. The van der Waals surface area contributed by atoms with Crippen LogP contribution in [0, 0.1) is 0 Å². The Bertz CT molecular complexity index is 505. The lowest BCUT2D eigenvalue weighted by Gasteiger charge is -2.27. The van der Waals surface area contributed by atoms with Crippen molar-refractivity contribution >= 4 is 43.4 Å². The predicted octanol–water partition coefficient (Wildman–Crippen LogP) is 2.47. The van der Waals surface area contributed by atoms with Gasteiger partial charge in [0, 0.05) is 36.0 Å². The molecule has 0 amide bonds. The maximum atomic E-state index is 4.58. The molecule has 1 N–H and O–H groups in total. The van der Waals surface area contributed by atoms with Crippen LogP contribution < -0.4 is 10.2 Å². The minimum absolute atomic E-state index is 1.05. The Kier molecular flexibility index (Phi) is 2.83. The third-order valence-corrected chi connectivity index (χ3v) is 4.12. The Morgan fingerprint density at radius 3 is 2.94 bits per heavy atom. The lowest BCUT2D eigenvalue weighted by Crippen LogP contribution is -2.43. The van der Waals surface area contributed by atoms with E-state index >= 15 is 0 Å². The van der Waals surface area contributed by atoms with E-state index in [0.29, 0.717) is 0 Å². The largest absolute Gasteiger partial charge is 0.353 e. The first-order valence-electron chi connectivity index (χ1n) is 5.35. The topological polar surface area (TPSA) is 28.2 Å². The van der Waals surface area contributed by atoms with Crippen LogP contribution in [0.3, 0.4) is 0 Å². The van der Waals surface area contributed by atoms with E-state index in [2.05, 4.69) is 48.7 Å². The number of rotatable bonds is 1. The van der Waals surface area contributed by atoms with Crippen molar-refractivity contribution in [2.75, 3.05) is 31.1 Å². The minimum atomic E-state index is 1.05. The van der Waals surface area contributed by atoms with Crippen LogP contribution in [0.5, 0.6) is 0 Å². The third kappa shape index (κ3) is 1.83. The van der Waals surface area contributed by atoms with Gasteiger partial charge in [0.05, 0.1) is 4.70 Å². The molecule has 0 unspecified atom stereocenters. The van der Waals surface area contributed by atoms with Gasteiger partial charge in [-0.05, 0) is 29.7 Å². The summed E-state index contributed by atoms with van der Waals surface area (Å²) in [6.07, 6.45) is 0. The van der Waals surface area contributed by atoms with E-state index in [1.165, 1.54) is 10.1 Å². The highest BCUT2D eigenvalue weighted by atomic mass is 79.9. The summed E-state index contributed by atoms with van der Waals surface area (Å²) < 4.78 is 6.95. The highest BCUT2D eigenvalue weighted by Crippen LogP contribution is 2.31. The number of anilines is 1. The van der Waals surface area contributed by atoms with Crippen molar-refractivity contribution in [2.24, 2.45) is 0 Å². The Morgan fingerprint density at radius 2 is 2.12 bits per heavy atom. The number of halogens is 1. The summed E-state index contributed by atoms with van der Waals surface area (Å²) in [6, 6.07) is 6.38. The summed E-state index contributed by atoms with van der Waals surface area (Å²) in [6.45, 7) is 4.20. The summed E-state index contributed by atoms with van der Waals surface area (Å²) >= 11 is 5.07. The number of piperazine rings is 1. The number of aromatic nitrogens is 1. The van der Waals surface area contributed by atoms with Crippen LogP contribution in [0.4, 0.5) is 5.82 Å². The SMILES string of the molecule is Brc1ccc2c(N3CCNCC3)nsc2c1. The number of hydrogen-bond acceptors (Lipinski definition) is 4. The van der Waals surface area contributed by atoms with Gasteiger partial charge in [0.2, 0.25) is 0 Å². The second kappa shape index (κ2) is 4.31. The summed E-state index contributed by atoms with van der Waals surface area (Å²) in [7, 11) is 0. The molecule has 1 aromatic heterocycles. The average Bonchev–Trinajstić information content (AvgIpc) is 2.73. The molecular formula is C11H12BrN3S. The molecule has 5 heteroatoms. The highest BCUT2D eigenvalue weighted by molar-refractivity contribution is 9.10. The molecule has 1 aromatic carbocycles. The second-order valence-electron chi connectivity index (χ2n) is 3.88. The first-order valence-corrected chi connectivity index (χ1v) is 6.92. The van der Waals surface area contributed by atoms with Crippen LogP contribution in [-0.2, 0) is 0 Å². The molecule has 0 atom stereocenters. The van der Waals surface area contributed by atoms with E-state index in [-0.39, 0.29) is 0 Å². The predicted molar refractivity (Wildman–Crippen MR) is 72.4 cm³/mol. The van der Waals surface area contributed by atoms with Crippen molar-refractivity contribution in [3.05, 3.63) is 22.7 Å². The Hall–Kier alpha value is -0.650. The maximum Gasteiger partial charge on any atom is 0.150 e. The smallest absolute Gasteiger partial charge is 0.150 e. The zero-order chi connectivity index (χ0) is 11.0. The van der Waals surface area contributed by atoms with Gasteiger partial charge in [0.25, 0.3) is 0 Å². The van der Waals surface area contributed by atoms with Crippen molar-refractivity contribution in [3.8, 4) is 0 Å². The molecule has 1 aliphatic rings. The van der Waals surface area contributed by atoms with E-state index in [1.807, 2.05) is 0 Å².